The lowest BCUT2D eigenvalue weighted by Gasteiger charge is -2.40. The summed E-state index contributed by atoms with van der Waals surface area (Å²) in [4.78, 5) is 25.8. The van der Waals surface area contributed by atoms with Crippen LogP contribution >= 0.6 is 0 Å². The Morgan fingerprint density at radius 2 is 1.69 bits per heavy atom. The number of aromatic nitrogens is 2. The summed E-state index contributed by atoms with van der Waals surface area (Å²) in [6.07, 6.45) is -9.82. The van der Waals surface area contributed by atoms with E-state index in [1.807, 2.05) is 4.90 Å². The molecule has 0 aliphatic carbocycles. The Balaban J connectivity index is 1.35. The first-order valence-corrected chi connectivity index (χ1v) is 15.4. The summed E-state index contributed by atoms with van der Waals surface area (Å²) in [7, 11) is 0. The van der Waals surface area contributed by atoms with Crippen molar-refractivity contribution >= 4 is 28.5 Å². The summed E-state index contributed by atoms with van der Waals surface area (Å²) in [5, 5.41) is 9.80. The largest absolute Gasteiger partial charge is 0.465 e. The van der Waals surface area contributed by atoms with Gasteiger partial charge in [-0.15, -0.1) is 0 Å². The Morgan fingerprint density at radius 1 is 1.00 bits per heavy atom. The lowest BCUT2D eigenvalue weighted by Crippen LogP contribution is -2.55. The van der Waals surface area contributed by atoms with E-state index in [2.05, 4.69) is 9.97 Å². The fraction of sp³-hybridized carbons (Fsp3) is 0.516. The molecule has 7 rings (SSSR count). The second-order valence-electron chi connectivity index (χ2n) is 13.0. The lowest BCUT2D eigenvalue weighted by atomic mass is 9.94. The molecule has 4 atom stereocenters. The third-order valence-electron chi connectivity index (χ3n) is 10.1. The molecule has 5 heterocycles. The number of hydrogen-bond donors (Lipinski definition) is 2. The molecular formula is C31H30F8N6O3. The number of piperazine rings is 1. The average molecular weight is 687 g/mol. The highest BCUT2D eigenvalue weighted by atomic mass is 19.4. The Hall–Kier alpha value is -4.15. The number of nitrogen functional groups attached to an aromatic ring is 1. The van der Waals surface area contributed by atoms with Crippen LogP contribution in [0.4, 0.5) is 51.4 Å². The van der Waals surface area contributed by atoms with E-state index in [1.165, 1.54) is 11.0 Å². The van der Waals surface area contributed by atoms with Gasteiger partial charge in [0.2, 0.25) is 0 Å². The van der Waals surface area contributed by atoms with Crippen molar-refractivity contribution in [1.82, 2.24) is 19.8 Å². The van der Waals surface area contributed by atoms with Crippen LogP contribution in [-0.4, -0.2) is 87.5 Å². The van der Waals surface area contributed by atoms with Crippen molar-refractivity contribution in [2.75, 3.05) is 43.4 Å². The molecule has 4 saturated heterocycles. The van der Waals surface area contributed by atoms with Crippen LogP contribution in [0.5, 0.6) is 6.01 Å². The third-order valence-corrected chi connectivity index (χ3v) is 10.1. The fourth-order valence-electron chi connectivity index (χ4n) is 7.99. The zero-order chi connectivity index (χ0) is 34.3. The Morgan fingerprint density at radius 3 is 2.33 bits per heavy atom. The highest BCUT2D eigenvalue weighted by molar-refractivity contribution is 5.94. The van der Waals surface area contributed by atoms with Crippen molar-refractivity contribution in [3.63, 3.8) is 0 Å². The summed E-state index contributed by atoms with van der Waals surface area (Å²) in [6, 6.07) is 1.46. The van der Waals surface area contributed by atoms with Gasteiger partial charge < -0.3 is 20.5 Å². The molecule has 2 bridgehead atoms. The molecule has 0 spiro atoms. The van der Waals surface area contributed by atoms with Gasteiger partial charge in [0.05, 0.1) is 28.7 Å². The fourth-order valence-corrected chi connectivity index (χ4v) is 7.99. The standard InChI is InChI=1S/C31H30F8N6O3/c32-15-10-29(6-1-7-44(29)11-15)14-48-27-41-25-19(26(42-27)43-12-16-2-3-17(13-43)45(16)28(46)47)5-4-18(24(25)33)20-8-23(40)22(31(37,38)39)9-21(20)30(34,35)36/h4-5,8-9,15-17H,1-3,6-7,10-14,40H2,(H,46,47)/t15-,16-,17+,29+/m1/s1. The second kappa shape index (κ2) is 11.2. The van der Waals surface area contributed by atoms with Crippen LogP contribution < -0.4 is 15.4 Å². The number of benzene rings is 2. The van der Waals surface area contributed by atoms with Crippen molar-refractivity contribution in [2.24, 2.45) is 0 Å². The van der Waals surface area contributed by atoms with Gasteiger partial charge in [-0.2, -0.15) is 36.3 Å². The van der Waals surface area contributed by atoms with Crippen molar-refractivity contribution in [3.8, 4) is 17.1 Å². The number of ether oxygens (including phenoxy) is 1. The number of alkyl halides is 7. The summed E-state index contributed by atoms with van der Waals surface area (Å²) >= 11 is 0. The van der Waals surface area contributed by atoms with Crippen LogP contribution in [-0.2, 0) is 12.4 Å². The van der Waals surface area contributed by atoms with E-state index in [0.717, 1.165) is 12.5 Å². The normalized spacial score (nSPS) is 26.0. The van der Waals surface area contributed by atoms with Gasteiger partial charge in [0.15, 0.2) is 5.82 Å². The van der Waals surface area contributed by atoms with Crippen LogP contribution in [0.1, 0.15) is 43.2 Å². The number of carbonyl (C=O) groups is 1. The van der Waals surface area contributed by atoms with Crippen molar-refractivity contribution in [1.29, 1.82) is 0 Å². The molecule has 2 aromatic carbocycles. The number of halogens is 8. The summed E-state index contributed by atoms with van der Waals surface area (Å²) < 4.78 is 120. The van der Waals surface area contributed by atoms with Gasteiger partial charge in [0.25, 0.3) is 0 Å². The number of nitrogens with two attached hydrogens (primary N) is 1. The molecule has 17 heteroatoms. The van der Waals surface area contributed by atoms with Gasteiger partial charge in [0.1, 0.15) is 24.1 Å². The van der Waals surface area contributed by atoms with E-state index >= 15 is 4.39 Å². The Kier molecular flexibility index (Phi) is 7.56. The predicted octanol–water partition coefficient (Wildman–Crippen LogP) is 6.34. The van der Waals surface area contributed by atoms with Crippen LogP contribution in [0.2, 0.25) is 0 Å². The molecule has 4 aliphatic rings. The van der Waals surface area contributed by atoms with E-state index < -0.39 is 81.5 Å². The number of nitrogens with zero attached hydrogens (tertiary/aromatic N) is 5. The molecule has 1 amide bonds. The zero-order valence-electron chi connectivity index (χ0n) is 25.2. The van der Waals surface area contributed by atoms with Crippen LogP contribution in [0, 0.1) is 5.82 Å². The van der Waals surface area contributed by atoms with Crippen molar-refractivity contribution < 1.29 is 49.8 Å². The van der Waals surface area contributed by atoms with E-state index in [1.54, 1.807) is 4.90 Å². The van der Waals surface area contributed by atoms with E-state index in [-0.39, 0.29) is 55.9 Å². The number of hydrogen-bond acceptors (Lipinski definition) is 7. The van der Waals surface area contributed by atoms with Crippen LogP contribution in [0.3, 0.4) is 0 Å². The van der Waals surface area contributed by atoms with Gasteiger partial charge in [-0.3, -0.25) is 9.80 Å². The number of amides is 1. The smallest absolute Gasteiger partial charge is 0.418 e. The molecule has 1 aromatic heterocycles. The summed E-state index contributed by atoms with van der Waals surface area (Å²) in [5.41, 5.74) is -1.63. The topological polar surface area (TPSA) is 108 Å². The van der Waals surface area contributed by atoms with Gasteiger partial charge in [-0.25, -0.2) is 13.6 Å². The minimum absolute atomic E-state index is 0.0363. The molecule has 0 unspecified atom stereocenters. The molecule has 258 valence electrons. The molecule has 9 nitrogen and oxygen atoms in total. The third kappa shape index (κ3) is 5.39. The average Bonchev–Trinajstić information content (AvgIpc) is 3.61. The molecule has 3 aromatic rings. The van der Waals surface area contributed by atoms with Gasteiger partial charge in [-0.05, 0) is 56.0 Å². The number of fused-ring (bicyclic) bond motifs is 4. The molecule has 0 saturated carbocycles. The first-order valence-electron chi connectivity index (χ1n) is 15.4. The van der Waals surface area contributed by atoms with Crippen LogP contribution in [0.15, 0.2) is 24.3 Å². The zero-order valence-corrected chi connectivity index (χ0v) is 25.2. The van der Waals surface area contributed by atoms with E-state index in [4.69, 9.17) is 10.5 Å². The predicted molar refractivity (Wildman–Crippen MR) is 157 cm³/mol. The van der Waals surface area contributed by atoms with Gasteiger partial charge in [0, 0.05) is 42.7 Å². The van der Waals surface area contributed by atoms with Crippen LogP contribution in [0.25, 0.3) is 22.0 Å². The minimum Gasteiger partial charge on any atom is -0.465 e. The quantitative estimate of drug-likeness (QED) is 0.237. The molecule has 4 aliphatic heterocycles. The molecule has 3 N–H and O–H groups in total. The van der Waals surface area contributed by atoms with E-state index in [0.29, 0.717) is 31.9 Å². The maximum atomic E-state index is 16.5. The van der Waals surface area contributed by atoms with Crippen molar-refractivity contribution in [2.45, 2.75) is 68.3 Å². The maximum Gasteiger partial charge on any atom is 0.418 e. The van der Waals surface area contributed by atoms with E-state index in [9.17, 15) is 40.6 Å². The monoisotopic (exact) mass is 686 g/mol. The van der Waals surface area contributed by atoms with Gasteiger partial charge in [-0.1, -0.05) is 6.07 Å². The minimum atomic E-state index is -5.30. The number of rotatable bonds is 5. The van der Waals surface area contributed by atoms with Gasteiger partial charge >= 0.3 is 24.5 Å². The molecule has 0 radical (unpaired) electrons. The number of anilines is 2. The van der Waals surface area contributed by atoms with Crippen molar-refractivity contribution in [3.05, 3.63) is 41.2 Å². The molecular weight excluding hydrogens is 656 g/mol. The summed E-state index contributed by atoms with van der Waals surface area (Å²) in [6.45, 7) is 1.24. The first kappa shape index (κ1) is 32.4. The summed E-state index contributed by atoms with van der Waals surface area (Å²) in [5.74, 6) is -1.12. The Labute approximate surface area is 268 Å². The highest BCUT2D eigenvalue weighted by Gasteiger charge is 2.50. The highest BCUT2D eigenvalue weighted by Crippen LogP contribution is 2.46. The first-order chi connectivity index (χ1) is 22.6. The molecule has 48 heavy (non-hydrogen) atoms. The Bertz CT molecular complexity index is 1770. The maximum absolute atomic E-state index is 16.5. The molecule has 4 fully saturated rings. The number of carboxylic acid groups (broad SMARTS) is 1. The second-order valence-corrected chi connectivity index (χ2v) is 13.0. The SMILES string of the molecule is Nc1cc(-c2ccc3c(N4C[C@H]5CC[C@@H](C4)N5C(=O)O)nc(OC[C@@]45CCCN4C[C@H](F)C5)nc3c2F)c(C(F)(F)F)cc1C(F)(F)F. The lowest BCUT2D eigenvalue weighted by molar-refractivity contribution is -0.142.